The van der Waals surface area contributed by atoms with Gasteiger partial charge in [0.2, 0.25) is 0 Å². The van der Waals surface area contributed by atoms with E-state index in [0.717, 1.165) is 0 Å². The molecule has 0 saturated heterocycles. The smallest absolute Gasteiger partial charge is 0.412 e. The maximum absolute atomic E-state index is 10.3. The molecule has 0 bridgehead atoms. The van der Waals surface area contributed by atoms with Crippen LogP contribution in [0.1, 0.15) is 0 Å². The monoisotopic (exact) mass is 140 g/mol. The second kappa shape index (κ2) is 2.43. The summed E-state index contributed by atoms with van der Waals surface area (Å²) in [5.74, 6) is 0. The normalized spacial score (nSPS) is 16.0. The highest BCUT2D eigenvalue weighted by atomic mass is 16.4. The van der Waals surface area contributed by atoms with Crippen LogP contribution in [0.25, 0.3) is 0 Å². The first kappa shape index (κ1) is 6.67. The molecule has 10 heavy (non-hydrogen) atoms. The summed E-state index contributed by atoms with van der Waals surface area (Å²) >= 11 is 0. The molecule has 1 aliphatic heterocycles. The third-order valence-corrected chi connectivity index (χ3v) is 1.23. The fourth-order valence-electron chi connectivity index (χ4n) is 0.679. The van der Waals surface area contributed by atoms with Gasteiger partial charge in [-0.2, -0.15) is 0 Å². The van der Waals surface area contributed by atoms with Gasteiger partial charge in [-0.15, -0.1) is 0 Å². The summed E-state index contributed by atoms with van der Waals surface area (Å²) in [7, 11) is 0. The minimum absolute atomic E-state index is 0.346. The zero-order valence-corrected chi connectivity index (χ0v) is 5.40. The number of amides is 1. The number of carboxylic acid groups (broad SMARTS) is 1. The van der Waals surface area contributed by atoms with Gasteiger partial charge >= 0.3 is 6.09 Å². The van der Waals surface area contributed by atoms with Crippen LogP contribution in [0.15, 0.2) is 25.2 Å². The number of hydrogen-bond acceptors (Lipinski definition) is 2. The molecule has 0 unspecified atom stereocenters. The van der Waals surface area contributed by atoms with E-state index in [1.54, 1.807) is 17.3 Å². The molecule has 0 saturated carbocycles. The molecule has 0 aromatic heterocycles. The van der Waals surface area contributed by atoms with Crippen LogP contribution in [-0.2, 0) is 0 Å². The minimum Gasteiger partial charge on any atom is -0.465 e. The van der Waals surface area contributed by atoms with Crippen molar-refractivity contribution in [1.82, 2.24) is 9.80 Å². The Bertz CT molecular complexity index is 188. The number of carbonyl (C=O) groups is 1. The third kappa shape index (κ3) is 1.10. The van der Waals surface area contributed by atoms with Crippen LogP contribution in [0.5, 0.6) is 0 Å². The Hall–Kier alpha value is -1.45. The molecule has 54 valence electrons. The van der Waals surface area contributed by atoms with Crippen LogP contribution in [0.4, 0.5) is 4.79 Å². The fraction of sp³-hybridized carbons (Fsp3) is 0.167. The summed E-state index contributed by atoms with van der Waals surface area (Å²) in [6, 6.07) is 0. The fourth-order valence-corrected chi connectivity index (χ4v) is 0.679. The molecule has 1 rings (SSSR count). The van der Waals surface area contributed by atoms with Crippen LogP contribution in [0.3, 0.4) is 0 Å². The Kier molecular flexibility index (Phi) is 1.62. The molecule has 4 heteroatoms. The van der Waals surface area contributed by atoms with Crippen molar-refractivity contribution in [3.05, 3.63) is 25.2 Å². The van der Waals surface area contributed by atoms with Crippen LogP contribution in [0.2, 0.25) is 0 Å². The van der Waals surface area contributed by atoms with Gasteiger partial charge in [-0.25, -0.2) is 4.79 Å². The van der Waals surface area contributed by atoms with Crippen molar-refractivity contribution < 1.29 is 9.90 Å². The van der Waals surface area contributed by atoms with Crippen LogP contribution in [-0.4, -0.2) is 27.7 Å². The van der Waals surface area contributed by atoms with E-state index in [4.69, 9.17) is 5.11 Å². The predicted molar refractivity (Wildman–Crippen MR) is 35.9 cm³/mol. The summed E-state index contributed by atoms with van der Waals surface area (Å²) < 4.78 is 0. The van der Waals surface area contributed by atoms with E-state index in [1.807, 2.05) is 0 Å². The van der Waals surface area contributed by atoms with E-state index < -0.39 is 6.09 Å². The Balaban J connectivity index is 2.52. The van der Waals surface area contributed by atoms with Gasteiger partial charge in [0.05, 0.1) is 0 Å². The molecular weight excluding hydrogens is 132 g/mol. The zero-order valence-electron chi connectivity index (χ0n) is 5.40. The first-order valence-electron chi connectivity index (χ1n) is 2.80. The average molecular weight is 140 g/mol. The molecule has 1 amide bonds. The Morgan fingerprint density at radius 2 is 2.40 bits per heavy atom. The topological polar surface area (TPSA) is 43.8 Å². The SMILES string of the molecule is C=CN1C=CN(C(=O)O)C1. The van der Waals surface area contributed by atoms with Gasteiger partial charge in [0, 0.05) is 12.4 Å². The van der Waals surface area contributed by atoms with Crippen LogP contribution < -0.4 is 0 Å². The third-order valence-electron chi connectivity index (χ3n) is 1.23. The van der Waals surface area contributed by atoms with Crippen LogP contribution >= 0.6 is 0 Å². The molecule has 0 fully saturated rings. The maximum Gasteiger partial charge on any atom is 0.412 e. The highest BCUT2D eigenvalue weighted by molar-refractivity contribution is 5.66. The summed E-state index contributed by atoms with van der Waals surface area (Å²) in [5, 5.41) is 8.44. The lowest BCUT2D eigenvalue weighted by molar-refractivity contribution is 0.158. The second-order valence-corrected chi connectivity index (χ2v) is 1.89. The summed E-state index contributed by atoms with van der Waals surface area (Å²) in [6.07, 6.45) is 3.77. The predicted octanol–water partition coefficient (Wildman–Crippen LogP) is 0.854. The van der Waals surface area contributed by atoms with Crippen molar-refractivity contribution in [2.75, 3.05) is 6.67 Å². The van der Waals surface area contributed by atoms with Crippen molar-refractivity contribution in [2.24, 2.45) is 0 Å². The second-order valence-electron chi connectivity index (χ2n) is 1.89. The lowest BCUT2D eigenvalue weighted by Gasteiger charge is -2.12. The Labute approximate surface area is 58.7 Å². The first-order valence-corrected chi connectivity index (χ1v) is 2.80. The van der Waals surface area contributed by atoms with Crippen molar-refractivity contribution in [2.45, 2.75) is 0 Å². The van der Waals surface area contributed by atoms with E-state index in [2.05, 4.69) is 6.58 Å². The van der Waals surface area contributed by atoms with E-state index >= 15 is 0 Å². The molecule has 0 aromatic rings. The van der Waals surface area contributed by atoms with Crippen molar-refractivity contribution in [3.8, 4) is 0 Å². The standard InChI is InChI=1S/C6H8N2O2/c1-2-7-3-4-8(5-7)6(9)10/h2-4H,1,5H2,(H,9,10). The molecule has 0 atom stereocenters. The van der Waals surface area contributed by atoms with Crippen LogP contribution in [0, 0.1) is 0 Å². The average Bonchev–Trinajstić information content (AvgIpc) is 2.34. The van der Waals surface area contributed by atoms with Gasteiger partial charge in [0.15, 0.2) is 0 Å². The van der Waals surface area contributed by atoms with Crippen molar-refractivity contribution >= 4 is 6.09 Å². The summed E-state index contributed by atoms with van der Waals surface area (Å²) in [5.41, 5.74) is 0. The van der Waals surface area contributed by atoms with Gasteiger partial charge in [-0.1, -0.05) is 6.58 Å². The molecule has 4 nitrogen and oxygen atoms in total. The highest BCUT2D eigenvalue weighted by Crippen LogP contribution is 2.05. The first-order chi connectivity index (χ1) is 4.74. The largest absolute Gasteiger partial charge is 0.465 e. The molecule has 0 aromatic carbocycles. The van der Waals surface area contributed by atoms with Gasteiger partial charge in [0.25, 0.3) is 0 Å². The van der Waals surface area contributed by atoms with Gasteiger partial charge in [0.1, 0.15) is 6.67 Å². The Morgan fingerprint density at radius 3 is 2.70 bits per heavy atom. The highest BCUT2D eigenvalue weighted by Gasteiger charge is 2.14. The van der Waals surface area contributed by atoms with Gasteiger partial charge < -0.3 is 10.0 Å². The van der Waals surface area contributed by atoms with Gasteiger partial charge in [-0.3, -0.25) is 4.90 Å². The quantitative estimate of drug-likeness (QED) is 0.587. The van der Waals surface area contributed by atoms with E-state index in [9.17, 15) is 4.79 Å². The number of nitrogens with zero attached hydrogens (tertiary/aromatic N) is 2. The molecule has 1 heterocycles. The van der Waals surface area contributed by atoms with E-state index in [-0.39, 0.29) is 0 Å². The number of rotatable bonds is 1. The molecule has 1 N–H and O–H groups in total. The minimum atomic E-state index is -0.944. The van der Waals surface area contributed by atoms with E-state index in [0.29, 0.717) is 6.67 Å². The zero-order chi connectivity index (χ0) is 7.56. The van der Waals surface area contributed by atoms with Gasteiger partial charge in [-0.05, 0) is 6.20 Å². The molecular formula is C6H8N2O2. The Morgan fingerprint density at radius 1 is 1.70 bits per heavy atom. The van der Waals surface area contributed by atoms with E-state index in [1.165, 1.54) is 11.1 Å². The van der Waals surface area contributed by atoms with Crippen molar-refractivity contribution in [3.63, 3.8) is 0 Å². The van der Waals surface area contributed by atoms with Crippen molar-refractivity contribution in [1.29, 1.82) is 0 Å². The maximum atomic E-state index is 10.3. The summed E-state index contributed by atoms with van der Waals surface area (Å²) in [4.78, 5) is 13.1. The molecule has 0 radical (unpaired) electrons. The molecule has 0 aliphatic carbocycles. The number of hydrogen-bond donors (Lipinski definition) is 1. The molecule has 1 aliphatic rings. The lowest BCUT2D eigenvalue weighted by Crippen LogP contribution is -2.26. The molecule has 0 spiro atoms. The lowest BCUT2D eigenvalue weighted by atomic mass is 10.8. The summed E-state index contributed by atoms with van der Waals surface area (Å²) in [6.45, 7) is 3.84.